The van der Waals surface area contributed by atoms with Crippen molar-refractivity contribution in [3.63, 3.8) is 0 Å². The minimum absolute atomic E-state index is 0.0987. The Morgan fingerprint density at radius 1 is 1.14 bits per heavy atom. The highest BCUT2D eigenvalue weighted by atomic mass is 32.2. The third-order valence-corrected chi connectivity index (χ3v) is 6.21. The molecular weight excluding hydrogens is 372 g/mol. The van der Waals surface area contributed by atoms with E-state index in [0.717, 1.165) is 22.0 Å². The van der Waals surface area contributed by atoms with Crippen molar-refractivity contribution in [1.29, 1.82) is 0 Å². The average Bonchev–Trinajstić information content (AvgIpc) is 3.01. The summed E-state index contributed by atoms with van der Waals surface area (Å²) in [7, 11) is 3.19. The van der Waals surface area contributed by atoms with Gasteiger partial charge in [0.15, 0.2) is 5.17 Å². The van der Waals surface area contributed by atoms with Crippen molar-refractivity contribution in [3.8, 4) is 11.5 Å². The number of hydrogen-bond donors (Lipinski definition) is 0. The second-order valence-corrected chi connectivity index (χ2v) is 8.27. The number of ether oxygens (including phenoxy) is 2. The van der Waals surface area contributed by atoms with Gasteiger partial charge in [-0.3, -0.25) is 14.7 Å². The Morgan fingerprint density at radius 2 is 1.75 bits per heavy atom. The highest BCUT2D eigenvalue weighted by molar-refractivity contribution is 8.14. The quantitative estimate of drug-likeness (QED) is 0.742. The van der Waals surface area contributed by atoms with Gasteiger partial charge in [-0.15, -0.1) is 0 Å². The fourth-order valence-electron chi connectivity index (χ4n) is 3.19. The predicted octanol–water partition coefficient (Wildman–Crippen LogP) is 4.54. The van der Waals surface area contributed by atoms with E-state index in [4.69, 9.17) is 14.5 Å². The Kier molecular flexibility index (Phi) is 5.98. The number of nitrogens with zero attached hydrogens (tertiary/aromatic N) is 2. The number of carbonyl (C=O) groups is 1. The third kappa shape index (κ3) is 4.02. The summed E-state index contributed by atoms with van der Waals surface area (Å²) < 4.78 is 10.9. The molecule has 0 radical (unpaired) electrons. The van der Waals surface area contributed by atoms with Crippen molar-refractivity contribution in [2.45, 2.75) is 32.9 Å². The van der Waals surface area contributed by atoms with E-state index in [-0.39, 0.29) is 11.4 Å². The smallest absolute Gasteiger partial charge is 0.260 e. The molecule has 1 aliphatic heterocycles. The van der Waals surface area contributed by atoms with Gasteiger partial charge in [-0.05, 0) is 38.5 Å². The first kappa shape index (κ1) is 20.3. The maximum absolute atomic E-state index is 13.5. The lowest BCUT2D eigenvalue weighted by atomic mass is 10.0. The van der Waals surface area contributed by atoms with Crippen LogP contribution < -0.4 is 9.47 Å². The van der Waals surface area contributed by atoms with Crippen LogP contribution in [0.4, 0.5) is 0 Å². The standard InChI is InChI=1S/C22H26N2O3S/c1-15-18(26-4)11-17(12-19(15)27-5)20(25)24-21(28-14-22(24,2)3)23-13-16-9-7-6-8-10-16/h6-12H,13-14H2,1-5H3. The molecule has 0 aromatic heterocycles. The van der Waals surface area contributed by atoms with Gasteiger partial charge in [0.1, 0.15) is 11.5 Å². The van der Waals surface area contributed by atoms with Crippen LogP contribution >= 0.6 is 11.8 Å². The molecular formula is C22H26N2O3S. The fourth-order valence-corrected chi connectivity index (χ4v) is 4.41. The maximum atomic E-state index is 13.5. The molecule has 5 nitrogen and oxygen atoms in total. The molecule has 0 atom stereocenters. The monoisotopic (exact) mass is 398 g/mol. The lowest BCUT2D eigenvalue weighted by molar-refractivity contribution is 0.0765. The van der Waals surface area contributed by atoms with E-state index in [9.17, 15) is 4.79 Å². The summed E-state index contributed by atoms with van der Waals surface area (Å²) in [6.45, 7) is 6.58. The molecule has 2 aromatic rings. The SMILES string of the molecule is COc1cc(C(=O)N2C(=NCc3ccccc3)SCC2(C)C)cc(OC)c1C. The van der Waals surface area contributed by atoms with Gasteiger partial charge in [-0.1, -0.05) is 42.1 Å². The lowest BCUT2D eigenvalue weighted by Gasteiger charge is -2.30. The number of carbonyl (C=O) groups excluding carboxylic acids is 1. The molecule has 2 aromatic carbocycles. The average molecular weight is 399 g/mol. The van der Waals surface area contributed by atoms with Crippen molar-refractivity contribution in [3.05, 3.63) is 59.2 Å². The summed E-state index contributed by atoms with van der Waals surface area (Å²) in [5.41, 5.74) is 2.19. The number of rotatable bonds is 5. The fraction of sp³-hybridized carbons (Fsp3) is 0.364. The minimum Gasteiger partial charge on any atom is -0.496 e. The van der Waals surface area contributed by atoms with Crippen molar-refractivity contribution in [2.75, 3.05) is 20.0 Å². The van der Waals surface area contributed by atoms with E-state index in [2.05, 4.69) is 13.8 Å². The van der Waals surface area contributed by atoms with Crippen LogP contribution in [0.15, 0.2) is 47.5 Å². The zero-order chi connectivity index (χ0) is 20.3. The largest absolute Gasteiger partial charge is 0.496 e. The topological polar surface area (TPSA) is 51.1 Å². The molecule has 1 fully saturated rings. The van der Waals surface area contributed by atoms with E-state index in [1.54, 1.807) is 43.0 Å². The van der Waals surface area contributed by atoms with Gasteiger partial charge in [0.25, 0.3) is 5.91 Å². The number of methoxy groups -OCH3 is 2. The van der Waals surface area contributed by atoms with Crippen molar-refractivity contribution in [1.82, 2.24) is 4.90 Å². The lowest BCUT2D eigenvalue weighted by Crippen LogP contribution is -2.46. The molecule has 1 heterocycles. The first-order valence-corrected chi connectivity index (χ1v) is 10.1. The summed E-state index contributed by atoms with van der Waals surface area (Å²) in [6, 6.07) is 13.6. The molecule has 0 saturated carbocycles. The van der Waals surface area contributed by atoms with Gasteiger partial charge >= 0.3 is 0 Å². The third-order valence-electron chi connectivity index (χ3n) is 4.79. The van der Waals surface area contributed by atoms with Crippen molar-refractivity contribution >= 4 is 22.8 Å². The number of amides is 1. The molecule has 28 heavy (non-hydrogen) atoms. The van der Waals surface area contributed by atoms with Crippen LogP contribution in [0, 0.1) is 6.92 Å². The van der Waals surface area contributed by atoms with Crippen LogP contribution in [0.25, 0.3) is 0 Å². The number of hydrogen-bond acceptors (Lipinski definition) is 5. The Labute approximate surface area is 170 Å². The van der Waals surface area contributed by atoms with Crippen molar-refractivity contribution in [2.24, 2.45) is 4.99 Å². The van der Waals surface area contributed by atoms with Gasteiger partial charge in [0, 0.05) is 16.9 Å². The summed E-state index contributed by atoms with van der Waals surface area (Å²) in [4.78, 5) is 20.0. The van der Waals surface area contributed by atoms with Crippen LogP contribution in [-0.2, 0) is 6.54 Å². The molecule has 1 saturated heterocycles. The molecule has 1 amide bonds. The number of benzene rings is 2. The first-order chi connectivity index (χ1) is 13.4. The molecule has 3 rings (SSSR count). The summed E-state index contributed by atoms with van der Waals surface area (Å²) in [6.07, 6.45) is 0. The number of aliphatic imine (C=N–C) groups is 1. The molecule has 0 N–H and O–H groups in total. The van der Waals surface area contributed by atoms with Crippen LogP contribution in [0.5, 0.6) is 11.5 Å². The Morgan fingerprint density at radius 3 is 2.32 bits per heavy atom. The zero-order valence-corrected chi connectivity index (χ0v) is 17.8. The molecule has 148 valence electrons. The normalized spacial score (nSPS) is 17.0. The molecule has 1 aliphatic rings. The van der Waals surface area contributed by atoms with Crippen LogP contribution in [0.3, 0.4) is 0 Å². The van der Waals surface area contributed by atoms with E-state index in [1.807, 2.05) is 37.3 Å². The van der Waals surface area contributed by atoms with E-state index in [1.165, 1.54) is 0 Å². The number of thioether (sulfide) groups is 1. The Hall–Kier alpha value is -2.47. The van der Waals surface area contributed by atoms with Crippen LogP contribution in [-0.4, -0.2) is 41.5 Å². The summed E-state index contributed by atoms with van der Waals surface area (Å²) in [5, 5.41) is 0.748. The number of amidine groups is 1. The summed E-state index contributed by atoms with van der Waals surface area (Å²) in [5.74, 6) is 1.97. The van der Waals surface area contributed by atoms with Crippen LogP contribution in [0.2, 0.25) is 0 Å². The maximum Gasteiger partial charge on any atom is 0.260 e. The molecule has 6 heteroatoms. The second-order valence-electron chi connectivity index (χ2n) is 7.33. The van der Waals surface area contributed by atoms with Gasteiger partial charge in [0.05, 0.1) is 26.3 Å². The van der Waals surface area contributed by atoms with Gasteiger partial charge < -0.3 is 9.47 Å². The molecule has 0 bridgehead atoms. The summed E-state index contributed by atoms with van der Waals surface area (Å²) >= 11 is 1.62. The Balaban J connectivity index is 1.95. The van der Waals surface area contributed by atoms with Crippen LogP contribution in [0.1, 0.15) is 35.3 Å². The predicted molar refractivity (Wildman–Crippen MR) is 115 cm³/mol. The second kappa shape index (κ2) is 8.27. The highest BCUT2D eigenvalue weighted by Gasteiger charge is 2.41. The molecule has 0 spiro atoms. The van der Waals surface area contributed by atoms with E-state index < -0.39 is 0 Å². The first-order valence-electron chi connectivity index (χ1n) is 9.15. The van der Waals surface area contributed by atoms with E-state index in [0.29, 0.717) is 23.6 Å². The van der Waals surface area contributed by atoms with E-state index >= 15 is 0 Å². The highest BCUT2D eigenvalue weighted by Crippen LogP contribution is 2.36. The zero-order valence-electron chi connectivity index (χ0n) is 17.0. The Bertz CT molecular complexity index is 869. The minimum atomic E-state index is -0.331. The van der Waals surface area contributed by atoms with Gasteiger partial charge in [-0.25, -0.2) is 0 Å². The van der Waals surface area contributed by atoms with Gasteiger partial charge in [-0.2, -0.15) is 0 Å². The van der Waals surface area contributed by atoms with Gasteiger partial charge in [0.2, 0.25) is 0 Å². The van der Waals surface area contributed by atoms with Crippen molar-refractivity contribution < 1.29 is 14.3 Å². The molecule has 0 aliphatic carbocycles. The molecule has 0 unspecified atom stereocenters.